The fraction of sp³-hybridized carbons (Fsp3) is 0.500. The van der Waals surface area contributed by atoms with E-state index >= 15 is 0 Å². The highest BCUT2D eigenvalue weighted by Gasteiger charge is 2.33. The van der Waals surface area contributed by atoms with Crippen molar-refractivity contribution in [1.29, 1.82) is 0 Å². The summed E-state index contributed by atoms with van der Waals surface area (Å²) in [5.41, 5.74) is 7.72. The van der Waals surface area contributed by atoms with E-state index in [0.29, 0.717) is 26.6 Å². The van der Waals surface area contributed by atoms with Crippen molar-refractivity contribution in [1.82, 2.24) is 9.78 Å². The van der Waals surface area contributed by atoms with Gasteiger partial charge in [0, 0.05) is 11.9 Å². The van der Waals surface area contributed by atoms with Crippen LogP contribution in [0.15, 0.2) is 10.7 Å². The molecule has 0 unspecified atom stereocenters. The third-order valence-corrected chi connectivity index (χ3v) is 6.82. The molecule has 1 atom stereocenters. The Morgan fingerprint density at radius 2 is 2.12 bits per heavy atom. The molecule has 1 aliphatic rings. The van der Waals surface area contributed by atoms with Gasteiger partial charge in [0.05, 0.1) is 16.2 Å². The molecule has 140 valence electrons. The minimum absolute atomic E-state index is 0.206. The summed E-state index contributed by atoms with van der Waals surface area (Å²) in [6.07, 6.45) is 4.32. The smallest absolute Gasteiger partial charge is 0.275 e. The molecular formula is C18H23BrN4O2S. The standard InChI is InChI=1S/C18H23BrN4O2S/c1-18(2,3)9-5-6-10-12(7-9)26-17(13(10)15(20)24)22-16(25)14-11(19)8-21-23(14)4/h8-9H,5-7H2,1-4H3,(H2,20,24)(H,22,25)/t9-/m1/s1. The lowest BCUT2D eigenvalue weighted by molar-refractivity contribution is 0.1000. The number of primary amides is 1. The lowest BCUT2D eigenvalue weighted by Crippen LogP contribution is -2.27. The van der Waals surface area contributed by atoms with Crippen LogP contribution >= 0.6 is 27.3 Å². The minimum atomic E-state index is -0.490. The number of hydrogen-bond acceptors (Lipinski definition) is 4. The van der Waals surface area contributed by atoms with E-state index in [0.717, 1.165) is 29.7 Å². The second-order valence-electron chi connectivity index (χ2n) is 7.80. The number of rotatable bonds is 3. The number of halogens is 1. The number of anilines is 1. The Labute approximate surface area is 165 Å². The van der Waals surface area contributed by atoms with Crippen molar-refractivity contribution >= 4 is 44.1 Å². The molecule has 0 aliphatic heterocycles. The van der Waals surface area contributed by atoms with Crippen molar-refractivity contribution in [3.63, 3.8) is 0 Å². The van der Waals surface area contributed by atoms with Gasteiger partial charge in [-0.3, -0.25) is 14.3 Å². The lowest BCUT2D eigenvalue weighted by atomic mass is 9.72. The second kappa shape index (κ2) is 6.81. The van der Waals surface area contributed by atoms with Gasteiger partial charge in [-0.2, -0.15) is 5.10 Å². The zero-order valence-corrected chi connectivity index (χ0v) is 17.8. The zero-order chi connectivity index (χ0) is 19.2. The summed E-state index contributed by atoms with van der Waals surface area (Å²) in [5.74, 6) is -0.259. The van der Waals surface area contributed by atoms with Crippen LogP contribution in [0.1, 0.15) is 58.5 Å². The Kier molecular flexibility index (Phi) is 5.00. The molecule has 8 heteroatoms. The molecule has 2 amide bonds. The van der Waals surface area contributed by atoms with Crippen LogP contribution in [-0.4, -0.2) is 21.6 Å². The van der Waals surface area contributed by atoms with Crippen LogP contribution in [0.2, 0.25) is 0 Å². The normalized spacial score (nSPS) is 17.0. The summed E-state index contributed by atoms with van der Waals surface area (Å²) in [6.45, 7) is 6.73. The number of nitrogens with two attached hydrogens (primary N) is 1. The Bertz CT molecular complexity index is 859. The number of carbonyl (C=O) groups is 2. The molecule has 0 bridgehead atoms. The van der Waals surface area contributed by atoms with Crippen LogP contribution in [0, 0.1) is 11.3 Å². The van der Waals surface area contributed by atoms with E-state index in [1.807, 2.05) is 0 Å². The molecule has 0 radical (unpaired) electrons. The van der Waals surface area contributed by atoms with Crippen molar-refractivity contribution < 1.29 is 9.59 Å². The number of nitrogens with zero attached hydrogens (tertiary/aromatic N) is 2. The highest BCUT2D eigenvalue weighted by molar-refractivity contribution is 9.10. The third-order valence-electron chi connectivity index (χ3n) is 5.07. The maximum absolute atomic E-state index is 12.7. The largest absolute Gasteiger partial charge is 0.365 e. The predicted molar refractivity (Wildman–Crippen MR) is 107 cm³/mol. The number of amides is 2. The van der Waals surface area contributed by atoms with Crippen LogP contribution in [0.4, 0.5) is 5.00 Å². The zero-order valence-electron chi connectivity index (χ0n) is 15.4. The highest BCUT2D eigenvalue weighted by Crippen LogP contribution is 2.44. The first-order valence-corrected chi connectivity index (χ1v) is 10.1. The molecule has 0 fully saturated rings. The number of thiophene rings is 1. The molecule has 2 aromatic rings. The van der Waals surface area contributed by atoms with Gasteiger partial charge in [0.1, 0.15) is 10.7 Å². The molecule has 0 spiro atoms. The summed E-state index contributed by atoms with van der Waals surface area (Å²) in [6, 6.07) is 0. The van der Waals surface area contributed by atoms with E-state index in [9.17, 15) is 9.59 Å². The molecule has 0 saturated carbocycles. The first-order chi connectivity index (χ1) is 12.1. The average molecular weight is 439 g/mol. The van der Waals surface area contributed by atoms with Gasteiger partial charge in [-0.05, 0) is 52.1 Å². The first kappa shape index (κ1) is 19.1. The van der Waals surface area contributed by atoms with Gasteiger partial charge in [0.2, 0.25) is 0 Å². The Balaban J connectivity index is 1.95. The van der Waals surface area contributed by atoms with Gasteiger partial charge in [0.15, 0.2) is 0 Å². The number of hydrogen-bond donors (Lipinski definition) is 2. The van der Waals surface area contributed by atoms with Crippen LogP contribution in [0.3, 0.4) is 0 Å². The van der Waals surface area contributed by atoms with E-state index in [2.05, 4.69) is 47.1 Å². The maximum atomic E-state index is 12.7. The topological polar surface area (TPSA) is 90.0 Å². The third kappa shape index (κ3) is 3.44. The summed E-state index contributed by atoms with van der Waals surface area (Å²) < 4.78 is 2.10. The molecule has 2 heterocycles. The van der Waals surface area contributed by atoms with Crippen LogP contribution in [0.25, 0.3) is 0 Å². The van der Waals surface area contributed by atoms with Gasteiger partial charge >= 0.3 is 0 Å². The number of nitrogens with one attached hydrogen (secondary N) is 1. The average Bonchev–Trinajstić information content (AvgIpc) is 3.05. The van der Waals surface area contributed by atoms with Crippen molar-refractivity contribution in [3.8, 4) is 0 Å². The predicted octanol–water partition coefficient (Wildman–Crippen LogP) is 3.75. The van der Waals surface area contributed by atoms with Crippen LogP contribution in [-0.2, 0) is 19.9 Å². The number of aromatic nitrogens is 2. The van der Waals surface area contributed by atoms with E-state index in [4.69, 9.17) is 5.73 Å². The van der Waals surface area contributed by atoms with Crippen molar-refractivity contribution in [2.75, 3.05) is 5.32 Å². The number of carbonyl (C=O) groups excluding carboxylic acids is 2. The second-order valence-corrected chi connectivity index (χ2v) is 9.76. The molecule has 26 heavy (non-hydrogen) atoms. The Hall–Kier alpha value is -1.67. The van der Waals surface area contributed by atoms with E-state index in [1.165, 1.54) is 16.0 Å². The van der Waals surface area contributed by atoms with Crippen molar-refractivity contribution in [2.45, 2.75) is 40.0 Å². The summed E-state index contributed by atoms with van der Waals surface area (Å²) in [7, 11) is 1.70. The maximum Gasteiger partial charge on any atom is 0.275 e. The Morgan fingerprint density at radius 3 is 2.65 bits per heavy atom. The minimum Gasteiger partial charge on any atom is -0.365 e. The van der Waals surface area contributed by atoms with Gasteiger partial charge in [0.25, 0.3) is 11.8 Å². The molecule has 2 aromatic heterocycles. The highest BCUT2D eigenvalue weighted by atomic mass is 79.9. The quantitative estimate of drug-likeness (QED) is 0.764. The summed E-state index contributed by atoms with van der Waals surface area (Å²) in [5, 5.41) is 7.47. The molecular weight excluding hydrogens is 416 g/mol. The van der Waals surface area contributed by atoms with Gasteiger partial charge in [-0.15, -0.1) is 11.3 Å². The SMILES string of the molecule is Cn1ncc(Br)c1C(=O)Nc1sc2c(c1C(N)=O)CC[C@@H](C(C)(C)C)C2. The fourth-order valence-corrected chi connectivity index (χ4v) is 5.36. The summed E-state index contributed by atoms with van der Waals surface area (Å²) >= 11 is 4.80. The van der Waals surface area contributed by atoms with Crippen molar-refractivity contribution in [3.05, 3.63) is 32.4 Å². The first-order valence-electron chi connectivity index (χ1n) is 8.52. The molecule has 0 saturated heterocycles. The fourth-order valence-electron chi connectivity index (χ4n) is 3.50. The summed E-state index contributed by atoms with van der Waals surface area (Å²) in [4.78, 5) is 25.9. The molecule has 3 rings (SSSR count). The van der Waals surface area contributed by atoms with E-state index < -0.39 is 5.91 Å². The molecule has 6 nitrogen and oxygen atoms in total. The molecule has 3 N–H and O–H groups in total. The molecule has 0 aromatic carbocycles. The van der Waals surface area contributed by atoms with Gasteiger partial charge in [-0.25, -0.2) is 0 Å². The Morgan fingerprint density at radius 1 is 1.42 bits per heavy atom. The number of aryl methyl sites for hydroxylation is 1. The number of fused-ring (bicyclic) bond motifs is 1. The van der Waals surface area contributed by atoms with Gasteiger partial charge < -0.3 is 11.1 Å². The van der Waals surface area contributed by atoms with Crippen LogP contribution < -0.4 is 11.1 Å². The van der Waals surface area contributed by atoms with Crippen LogP contribution in [0.5, 0.6) is 0 Å². The monoisotopic (exact) mass is 438 g/mol. The van der Waals surface area contributed by atoms with Gasteiger partial charge in [-0.1, -0.05) is 20.8 Å². The van der Waals surface area contributed by atoms with E-state index in [-0.39, 0.29) is 11.3 Å². The molecule has 1 aliphatic carbocycles. The van der Waals surface area contributed by atoms with Crippen molar-refractivity contribution in [2.24, 2.45) is 24.1 Å². The lowest BCUT2D eigenvalue weighted by Gasteiger charge is -2.33. The van der Waals surface area contributed by atoms with E-state index in [1.54, 1.807) is 13.2 Å².